The Morgan fingerprint density at radius 2 is 1.89 bits per heavy atom. The van der Waals surface area contributed by atoms with E-state index in [-0.39, 0.29) is 27.2 Å². The topological polar surface area (TPSA) is 71.2 Å². The first kappa shape index (κ1) is 20.0. The molecule has 3 aromatic rings. The summed E-state index contributed by atoms with van der Waals surface area (Å²) < 4.78 is 85.3. The van der Waals surface area contributed by atoms with E-state index >= 15 is 0 Å². The van der Waals surface area contributed by atoms with Gasteiger partial charge in [0.2, 0.25) is 0 Å². The minimum atomic E-state index is -4.55. The fourth-order valence-corrected chi connectivity index (χ4v) is 3.86. The van der Waals surface area contributed by atoms with Gasteiger partial charge in [0.05, 0.1) is 17.9 Å². The van der Waals surface area contributed by atoms with Crippen molar-refractivity contribution in [3.63, 3.8) is 0 Å². The number of anilines is 1. The molecule has 0 aliphatic rings. The normalized spacial score (nSPS) is 12.3. The van der Waals surface area contributed by atoms with Crippen LogP contribution in [0.5, 0.6) is 5.75 Å². The lowest BCUT2D eigenvalue weighted by molar-refractivity contribution is -0.137. The van der Waals surface area contributed by atoms with Gasteiger partial charge in [0, 0.05) is 23.2 Å². The molecule has 5 nitrogen and oxygen atoms in total. The number of benzene rings is 2. The fraction of sp³-hybridized carbons (Fsp3) is 0.222. The van der Waals surface area contributed by atoms with E-state index in [4.69, 9.17) is 4.74 Å². The molecule has 0 bridgehead atoms. The number of fused-ring (bicyclic) bond motifs is 1. The van der Waals surface area contributed by atoms with Crippen molar-refractivity contribution in [2.45, 2.75) is 24.4 Å². The molecule has 2 N–H and O–H groups in total. The van der Waals surface area contributed by atoms with Gasteiger partial charge in [0.25, 0.3) is 10.0 Å². The molecule has 0 fully saturated rings. The lowest BCUT2D eigenvalue weighted by Gasteiger charge is -2.13. The molecule has 0 amide bonds. The van der Waals surface area contributed by atoms with Crippen LogP contribution in [-0.4, -0.2) is 20.0 Å². The minimum Gasteiger partial charge on any atom is -0.491 e. The highest BCUT2D eigenvalue weighted by atomic mass is 32.2. The van der Waals surface area contributed by atoms with Crippen LogP contribution < -0.4 is 9.46 Å². The fourth-order valence-electron chi connectivity index (χ4n) is 2.62. The molecule has 150 valence electrons. The number of nitrogens with one attached hydrogen (secondary N) is 2. The van der Waals surface area contributed by atoms with Gasteiger partial charge >= 0.3 is 6.18 Å². The molecule has 10 heteroatoms. The summed E-state index contributed by atoms with van der Waals surface area (Å²) in [4.78, 5) is 2.27. The first-order valence-electron chi connectivity index (χ1n) is 8.25. The summed E-state index contributed by atoms with van der Waals surface area (Å²) in [6.07, 6.45) is -2.81. The van der Waals surface area contributed by atoms with Gasteiger partial charge < -0.3 is 9.72 Å². The number of sulfonamides is 1. The van der Waals surface area contributed by atoms with Gasteiger partial charge in [0.15, 0.2) is 0 Å². The van der Waals surface area contributed by atoms with Crippen LogP contribution in [0.2, 0.25) is 0 Å². The van der Waals surface area contributed by atoms with Crippen molar-refractivity contribution in [2.75, 3.05) is 11.3 Å². The lowest BCUT2D eigenvalue weighted by atomic mass is 10.1. The van der Waals surface area contributed by atoms with E-state index in [2.05, 4.69) is 9.71 Å². The first-order chi connectivity index (χ1) is 13.1. The standard InChI is InChI=1S/C18H16F4N2O3S/c1-2-7-27-16-6-4-12(19)9-15(16)24-28(25,26)17-10-23-14-8-11(18(20,21)22)3-5-13(14)17/h3-6,8-10,23-24H,2,7H2,1H3. The number of aromatic amines is 1. The predicted octanol–water partition coefficient (Wildman–Crippen LogP) is 4.92. The Morgan fingerprint density at radius 3 is 2.57 bits per heavy atom. The maximum Gasteiger partial charge on any atom is 0.416 e. The third-order valence-corrected chi connectivity index (χ3v) is 5.31. The number of ether oxygens (including phenoxy) is 1. The summed E-state index contributed by atoms with van der Waals surface area (Å²) in [5.41, 5.74) is -0.995. The average molecular weight is 416 g/mol. The Kier molecular flexibility index (Phi) is 5.24. The van der Waals surface area contributed by atoms with Crippen LogP contribution >= 0.6 is 0 Å². The molecule has 0 unspecified atom stereocenters. The maximum absolute atomic E-state index is 13.6. The minimum absolute atomic E-state index is 0.0110. The van der Waals surface area contributed by atoms with Crippen molar-refractivity contribution in [3.8, 4) is 5.75 Å². The monoisotopic (exact) mass is 416 g/mol. The average Bonchev–Trinajstić information content (AvgIpc) is 3.04. The predicted molar refractivity (Wildman–Crippen MR) is 96.3 cm³/mol. The molecule has 0 aliphatic carbocycles. The van der Waals surface area contributed by atoms with E-state index in [9.17, 15) is 26.0 Å². The van der Waals surface area contributed by atoms with Crippen LogP contribution in [-0.2, 0) is 16.2 Å². The summed E-state index contributed by atoms with van der Waals surface area (Å²) in [7, 11) is -4.22. The second-order valence-corrected chi connectivity index (χ2v) is 7.66. The summed E-state index contributed by atoms with van der Waals surface area (Å²) in [6.45, 7) is 2.15. The van der Waals surface area contributed by atoms with E-state index < -0.39 is 27.6 Å². The molecule has 0 saturated heterocycles. The van der Waals surface area contributed by atoms with E-state index in [0.29, 0.717) is 13.0 Å². The van der Waals surface area contributed by atoms with E-state index in [0.717, 1.165) is 36.5 Å². The van der Waals surface area contributed by atoms with Crippen LogP contribution in [0.4, 0.5) is 23.2 Å². The van der Waals surface area contributed by atoms with Crippen LogP contribution in [0, 0.1) is 5.82 Å². The zero-order chi connectivity index (χ0) is 20.5. The number of alkyl halides is 3. The van der Waals surface area contributed by atoms with Gasteiger partial charge in [0.1, 0.15) is 16.5 Å². The Balaban J connectivity index is 1.99. The van der Waals surface area contributed by atoms with Crippen LogP contribution in [0.15, 0.2) is 47.5 Å². The molecule has 1 aromatic heterocycles. The van der Waals surface area contributed by atoms with Crippen molar-refractivity contribution in [1.29, 1.82) is 0 Å². The lowest BCUT2D eigenvalue weighted by Crippen LogP contribution is -2.14. The smallest absolute Gasteiger partial charge is 0.416 e. The SMILES string of the molecule is CCCOc1ccc(F)cc1NS(=O)(=O)c1c[nH]c2cc(C(F)(F)F)ccc12. The van der Waals surface area contributed by atoms with Crippen molar-refractivity contribution >= 4 is 26.6 Å². The Bertz CT molecular complexity index is 1110. The molecule has 2 aromatic carbocycles. The van der Waals surface area contributed by atoms with E-state index in [1.54, 1.807) is 0 Å². The molecule has 3 rings (SSSR count). The molecule has 0 spiro atoms. The number of halogens is 4. The molecule has 1 heterocycles. The van der Waals surface area contributed by atoms with Gasteiger partial charge in [-0.25, -0.2) is 12.8 Å². The van der Waals surface area contributed by atoms with E-state index in [1.165, 1.54) is 6.07 Å². The Labute approximate surface area is 158 Å². The third kappa shape index (κ3) is 4.06. The van der Waals surface area contributed by atoms with Crippen LogP contribution in [0.25, 0.3) is 10.9 Å². The summed E-state index contributed by atoms with van der Waals surface area (Å²) >= 11 is 0. The van der Waals surface area contributed by atoms with Crippen molar-refractivity contribution in [1.82, 2.24) is 4.98 Å². The zero-order valence-electron chi connectivity index (χ0n) is 14.6. The summed E-state index contributed by atoms with van der Waals surface area (Å²) in [6, 6.07) is 6.10. The van der Waals surface area contributed by atoms with Crippen molar-refractivity contribution in [3.05, 3.63) is 54.0 Å². The highest BCUT2D eigenvalue weighted by Crippen LogP contribution is 2.34. The molecule has 0 radical (unpaired) electrons. The van der Waals surface area contributed by atoms with Crippen molar-refractivity contribution in [2.24, 2.45) is 0 Å². The quantitative estimate of drug-likeness (QED) is 0.561. The van der Waals surface area contributed by atoms with Crippen molar-refractivity contribution < 1.29 is 30.7 Å². The van der Waals surface area contributed by atoms with Gasteiger partial charge in [-0.3, -0.25) is 4.72 Å². The number of hydrogen-bond donors (Lipinski definition) is 2. The van der Waals surface area contributed by atoms with Crippen LogP contribution in [0.1, 0.15) is 18.9 Å². The molecule has 28 heavy (non-hydrogen) atoms. The molecule has 0 aliphatic heterocycles. The molecular formula is C18H16F4N2O3S. The maximum atomic E-state index is 13.6. The van der Waals surface area contributed by atoms with Gasteiger partial charge in [-0.1, -0.05) is 13.0 Å². The Morgan fingerprint density at radius 1 is 1.14 bits per heavy atom. The highest BCUT2D eigenvalue weighted by Gasteiger charge is 2.31. The summed E-state index contributed by atoms with van der Waals surface area (Å²) in [5, 5.41) is 0.0768. The number of aromatic nitrogens is 1. The number of rotatable bonds is 6. The number of H-pyrrole nitrogens is 1. The molecule has 0 saturated carbocycles. The Hall–Kier alpha value is -2.75. The zero-order valence-corrected chi connectivity index (χ0v) is 15.4. The molecule has 0 atom stereocenters. The van der Waals surface area contributed by atoms with Gasteiger partial charge in [-0.05, 0) is 30.7 Å². The summed E-state index contributed by atoms with van der Waals surface area (Å²) in [5.74, 6) is -0.527. The third-order valence-electron chi connectivity index (χ3n) is 3.91. The molecular weight excluding hydrogens is 400 g/mol. The second-order valence-electron chi connectivity index (χ2n) is 6.01. The highest BCUT2D eigenvalue weighted by molar-refractivity contribution is 7.93. The number of hydrogen-bond acceptors (Lipinski definition) is 3. The van der Waals surface area contributed by atoms with Crippen LogP contribution in [0.3, 0.4) is 0 Å². The van der Waals surface area contributed by atoms with Gasteiger partial charge in [-0.2, -0.15) is 13.2 Å². The first-order valence-corrected chi connectivity index (χ1v) is 9.73. The van der Waals surface area contributed by atoms with Gasteiger partial charge in [-0.15, -0.1) is 0 Å². The van der Waals surface area contributed by atoms with E-state index in [1.807, 2.05) is 6.92 Å². The second kappa shape index (κ2) is 7.34. The largest absolute Gasteiger partial charge is 0.491 e.